The Kier molecular flexibility index (Phi) is 8.34. The maximum atomic E-state index is 13.6. The Morgan fingerprint density at radius 3 is 2.40 bits per heavy atom. The molecule has 0 radical (unpaired) electrons. The first-order chi connectivity index (χ1) is 19.5. The van der Waals surface area contributed by atoms with Gasteiger partial charge in [-0.15, -0.1) is 12.4 Å². The van der Waals surface area contributed by atoms with Crippen LogP contribution >= 0.6 is 12.4 Å². The molecule has 6 atom stereocenters. The zero-order chi connectivity index (χ0) is 29.2. The van der Waals surface area contributed by atoms with Crippen LogP contribution in [0.2, 0.25) is 0 Å². The van der Waals surface area contributed by atoms with Crippen LogP contribution in [0, 0.1) is 5.92 Å². The molecule has 2 aromatic rings. The number of hydrogen-bond acceptors (Lipinski definition) is 10. The van der Waals surface area contributed by atoms with E-state index in [9.17, 15) is 35.1 Å². The van der Waals surface area contributed by atoms with Gasteiger partial charge in [0.2, 0.25) is 5.78 Å². The number of phenolic OH excluding ortho intramolecular Hbond substituents is 3. The number of aromatic hydroxyl groups is 3. The fourth-order valence-corrected chi connectivity index (χ4v) is 7.28. The van der Waals surface area contributed by atoms with Crippen molar-refractivity contribution < 1.29 is 44.6 Å². The smallest absolute Gasteiger partial charge is 0.202 e. The average Bonchev–Trinajstić information content (AvgIpc) is 2.95. The van der Waals surface area contributed by atoms with Gasteiger partial charge in [-0.1, -0.05) is 26.0 Å². The van der Waals surface area contributed by atoms with E-state index >= 15 is 0 Å². The lowest BCUT2D eigenvalue weighted by molar-refractivity contribution is -0.132. The summed E-state index contributed by atoms with van der Waals surface area (Å²) in [6, 6.07) is 3.98. The quantitative estimate of drug-likeness (QED) is 0.281. The number of fused-ring (bicyclic) bond motifs is 3. The van der Waals surface area contributed by atoms with Gasteiger partial charge in [0.1, 0.15) is 17.2 Å². The summed E-state index contributed by atoms with van der Waals surface area (Å²) in [5, 5.41) is 56.0. The second kappa shape index (κ2) is 11.4. The Labute approximate surface area is 250 Å². The minimum Gasteiger partial charge on any atom is -0.507 e. The molecule has 2 aromatic carbocycles. The minimum atomic E-state index is -1.28. The second-order valence-corrected chi connectivity index (χ2v) is 12.1. The highest BCUT2D eigenvalue weighted by Crippen LogP contribution is 2.53. The molecule has 1 heterocycles. The number of hydrogen-bond donors (Lipinski definition) is 5. The summed E-state index contributed by atoms with van der Waals surface area (Å²) in [7, 11) is 0. The largest absolute Gasteiger partial charge is 0.507 e. The lowest BCUT2D eigenvalue weighted by Gasteiger charge is -2.46. The van der Waals surface area contributed by atoms with Crippen molar-refractivity contribution in [2.24, 2.45) is 5.92 Å². The number of rotatable bonds is 4. The molecule has 0 unspecified atom stereocenters. The van der Waals surface area contributed by atoms with Crippen LogP contribution in [-0.2, 0) is 15.9 Å². The Balaban J connectivity index is 0.00000353. The maximum absolute atomic E-state index is 13.6. The fourth-order valence-electron chi connectivity index (χ4n) is 7.28. The van der Waals surface area contributed by atoms with E-state index in [1.54, 1.807) is 0 Å². The Morgan fingerprint density at radius 2 is 1.71 bits per heavy atom. The van der Waals surface area contributed by atoms with Gasteiger partial charge in [0, 0.05) is 48.7 Å². The first-order valence-corrected chi connectivity index (χ1v) is 14.4. The number of benzene rings is 2. The topological polar surface area (TPSA) is 157 Å². The summed E-state index contributed by atoms with van der Waals surface area (Å²) < 4.78 is 12.1. The minimum absolute atomic E-state index is 0. The molecule has 6 rings (SSSR count). The van der Waals surface area contributed by atoms with Crippen molar-refractivity contribution in [1.82, 2.24) is 4.90 Å². The molecule has 0 amide bonds. The molecule has 1 aliphatic heterocycles. The number of carbonyl (C=O) groups is 2. The third kappa shape index (κ3) is 4.88. The van der Waals surface area contributed by atoms with Crippen LogP contribution in [-0.4, -0.2) is 92.2 Å². The predicted octanol–water partition coefficient (Wildman–Crippen LogP) is 3.01. The third-order valence-electron chi connectivity index (χ3n) is 9.60. The highest BCUT2D eigenvalue weighted by atomic mass is 35.5. The first-order valence-electron chi connectivity index (χ1n) is 14.4. The number of morpholine rings is 1. The molecule has 4 aliphatic rings. The van der Waals surface area contributed by atoms with E-state index < -0.39 is 40.9 Å². The highest BCUT2D eigenvalue weighted by Gasteiger charge is 2.47. The van der Waals surface area contributed by atoms with Crippen molar-refractivity contribution in [3.05, 3.63) is 51.6 Å². The second-order valence-electron chi connectivity index (χ2n) is 12.1. The normalized spacial score (nSPS) is 31.1. The van der Waals surface area contributed by atoms with Gasteiger partial charge in [-0.3, -0.25) is 14.5 Å². The molecular weight excluding hydrogens is 566 g/mol. The van der Waals surface area contributed by atoms with Crippen molar-refractivity contribution in [3.8, 4) is 17.2 Å². The molecule has 3 aliphatic carbocycles. The number of aliphatic hydroxyl groups excluding tert-OH is 1. The van der Waals surface area contributed by atoms with E-state index in [0.29, 0.717) is 45.6 Å². The SMILES string of the molecule is CC[C@]1(O)Cc2c(O)c3c(c(O)c2[C@@H](O[C@@H]2C[C@@H](C)[C@@H](O)[C@@H](N4CCOCC4)C2)C1)C(=O)c1c(O)cccc1C3=O.Cl. The van der Waals surface area contributed by atoms with Crippen molar-refractivity contribution >= 4 is 24.0 Å². The fraction of sp³-hybridized carbons (Fsp3) is 0.548. The Hall–Kier alpha value is -2.73. The van der Waals surface area contributed by atoms with E-state index in [1.165, 1.54) is 18.2 Å². The number of aliphatic hydroxyl groups is 2. The number of halogens is 1. The van der Waals surface area contributed by atoms with E-state index in [1.807, 2.05) is 13.8 Å². The predicted molar refractivity (Wildman–Crippen MR) is 154 cm³/mol. The number of phenols is 3. The van der Waals surface area contributed by atoms with Gasteiger partial charge >= 0.3 is 0 Å². The van der Waals surface area contributed by atoms with Crippen molar-refractivity contribution in [1.29, 1.82) is 0 Å². The van der Waals surface area contributed by atoms with Gasteiger partial charge < -0.3 is 35.0 Å². The summed E-state index contributed by atoms with van der Waals surface area (Å²) >= 11 is 0. The summed E-state index contributed by atoms with van der Waals surface area (Å²) in [5.41, 5.74) is -1.89. The van der Waals surface area contributed by atoms with Crippen LogP contribution < -0.4 is 0 Å². The van der Waals surface area contributed by atoms with Crippen LogP contribution in [0.3, 0.4) is 0 Å². The van der Waals surface area contributed by atoms with Crippen LogP contribution in [0.5, 0.6) is 17.2 Å². The molecule has 5 N–H and O–H groups in total. The van der Waals surface area contributed by atoms with Gasteiger partial charge in [-0.05, 0) is 31.2 Å². The number of carbonyl (C=O) groups excluding carboxylic acids is 2. The van der Waals surface area contributed by atoms with Crippen LogP contribution in [0.15, 0.2) is 18.2 Å². The standard InChI is InChI=1S/C31H37NO9.ClH/c1-3-31(39)13-18-23(21(14-31)41-16-11-15(2)26(34)19(12-16)32-7-9-40-10-8-32)30(38)25-24(28(18)36)27(35)17-5-4-6-20(33)22(17)29(25)37;/h4-6,15-16,19,21,26,33-34,36,38-39H,3,7-14H2,1-2H3;1H/t15-,16-,19+,21+,26-,31+;/m1./s1. The summed E-state index contributed by atoms with van der Waals surface area (Å²) in [6.45, 7) is 6.37. The Bertz CT molecular complexity index is 1410. The van der Waals surface area contributed by atoms with Gasteiger partial charge in [0.15, 0.2) is 5.78 Å². The van der Waals surface area contributed by atoms with E-state index in [0.717, 1.165) is 0 Å². The average molecular weight is 604 g/mol. The molecule has 1 saturated carbocycles. The summed E-state index contributed by atoms with van der Waals surface area (Å²) in [5.74, 6) is -2.84. The van der Waals surface area contributed by atoms with Crippen LogP contribution in [0.4, 0.5) is 0 Å². The lowest BCUT2D eigenvalue weighted by atomic mass is 9.72. The third-order valence-corrected chi connectivity index (χ3v) is 9.60. The number of ether oxygens (including phenoxy) is 2. The first kappa shape index (κ1) is 30.7. The van der Waals surface area contributed by atoms with Crippen molar-refractivity contribution in [2.45, 2.75) is 75.9 Å². The molecule has 42 heavy (non-hydrogen) atoms. The zero-order valence-electron chi connectivity index (χ0n) is 23.7. The molecule has 228 valence electrons. The lowest BCUT2D eigenvalue weighted by Crippen LogP contribution is -2.55. The zero-order valence-corrected chi connectivity index (χ0v) is 24.5. The number of ketones is 2. The van der Waals surface area contributed by atoms with Crippen molar-refractivity contribution in [2.75, 3.05) is 26.3 Å². The van der Waals surface area contributed by atoms with Crippen molar-refractivity contribution in [3.63, 3.8) is 0 Å². The number of nitrogens with zero attached hydrogens (tertiary/aromatic N) is 1. The molecule has 0 aromatic heterocycles. The highest BCUT2D eigenvalue weighted by molar-refractivity contribution is 6.31. The molecular formula is C31H38ClNO9. The Morgan fingerprint density at radius 1 is 1.02 bits per heavy atom. The van der Waals surface area contributed by atoms with Gasteiger partial charge in [0.25, 0.3) is 0 Å². The van der Waals surface area contributed by atoms with E-state index in [4.69, 9.17) is 9.47 Å². The molecule has 2 fully saturated rings. The molecule has 0 bridgehead atoms. The summed E-state index contributed by atoms with van der Waals surface area (Å²) in [4.78, 5) is 29.3. The molecule has 1 saturated heterocycles. The van der Waals surface area contributed by atoms with Gasteiger partial charge in [-0.2, -0.15) is 0 Å². The molecule has 0 spiro atoms. The monoisotopic (exact) mass is 603 g/mol. The van der Waals surface area contributed by atoms with Crippen LogP contribution in [0.1, 0.15) is 88.6 Å². The van der Waals surface area contributed by atoms with E-state index in [-0.39, 0.29) is 82.4 Å². The molecule has 11 heteroatoms. The van der Waals surface area contributed by atoms with Gasteiger partial charge in [-0.25, -0.2) is 0 Å². The summed E-state index contributed by atoms with van der Waals surface area (Å²) in [6.07, 6.45) is -0.266. The van der Waals surface area contributed by atoms with Gasteiger partial charge in [0.05, 0.1) is 53.8 Å². The van der Waals surface area contributed by atoms with E-state index in [2.05, 4.69) is 4.90 Å². The van der Waals surface area contributed by atoms with Crippen LogP contribution in [0.25, 0.3) is 0 Å². The maximum Gasteiger partial charge on any atom is 0.202 e. The molecule has 10 nitrogen and oxygen atoms in total.